The molecule has 16 heavy (non-hydrogen) atoms. The van der Waals surface area contributed by atoms with Crippen LogP contribution in [0.5, 0.6) is 0 Å². The Balaban J connectivity index is 2.35. The number of hydrogen-bond donors (Lipinski definition) is 0. The summed E-state index contributed by atoms with van der Waals surface area (Å²) in [7, 11) is 0. The third-order valence-corrected chi connectivity index (χ3v) is 2.25. The summed E-state index contributed by atoms with van der Waals surface area (Å²) in [6.45, 7) is 0. The molecule has 0 N–H and O–H groups in total. The topological polar surface area (TPSA) is 43.6 Å². The molecule has 0 aliphatic carbocycles. The van der Waals surface area contributed by atoms with Gasteiger partial charge in [-0.3, -0.25) is 0 Å². The van der Waals surface area contributed by atoms with Crippen LogP contribution in [0.15, 0.2) is 24.7 Å². The first-order valence-corrected chi connectivity index (χ1v) is 5.15. The number of rotatable bonds is 1. The van der Waals surface area contributed by atoms with Crippen molar-refractivity contribution in [1.82, 2.24) is 19.7 Å². The Morgan fingerprint density at radius 2 is 1.81 bits per heavy atom. The van der Waals surface area contributed by atoms with Gasteiger partial charge in [0.1, 0.15) is 0 Å². The van der Waals surface area contributed by atoms with Crippen molar-refractivity contribution in [1.29, 1.82) is 0 Å². The van der Waals surface area contributed by atoms with Gasteiger partial charge in [0, 0.05) is 22.2 Å². The maximum atomic E-state index is 12.3. The van der Waals surface area contributed by atoms with Crippen LogP contribution in [0.25, 0.3) is 5.95 Å². The fourth-order valence-electron chi connectivity index (χ4n) is 1.01. The first kappa shape index (κ1) is 11.3. The van der Waals surface area contributed by atoms with Crippen molar-refractivity contribution in [2.45, 2.75) is 6.18 Å². The number of alkyl halides is 3. The fourth-order valence-corrected chi connectivity index (χ4v) is 1.29. The molecule has 0 amide bonds. The molecule has 0 fully saturated rings. The molecule has 8 heteroatoms. The molecule has 0 bridgehead atoms. The van der Waals surface area contributed by atoms with Crippen LogP contribution >= 0.6 is 22.6 Å². The van der Waals surface area contributed by atoms with E-state index in [0.29, 0.717) is 0 Å². The van der Waals surface area contributed by atoms with E-state index < -0.39 is 11.9 Å². The minimum atomic E-state index is -4.45. The maximum Gasteiger partial charge on any atom is 0.435 e. The average Bonchev–Trinajstić information content (AvgIpc) is 2.67. The lowest BCUT2D eigenvalue weighted by Crippen LogP contribution is -2.08. The number of hydrogen-bond acceptors (Lipinski definition) is 3. The van der Waals surface area contributed by atoms with Crippen LogP contribution in [0.1, 0.15) is 5.69 Å². The molecule has 0 saturated heterocycles. The molecular formula is C8H4F3IN4. The fraction of sp³-hybridized carbons (Fsp3) is 0.125. The lowest BCUT2D eigenvalue weighted by atomic mass is 10.4. The van der Waals surface area contributed by atoms with Gasteiger partial charge in [-0.25, -0.2) is 14.6 Å². The van der Waals surface area contributed by atoms with Crippen molar-refractivity contribution < 1.29 is 13.2 Å². The van der Waals surface area contributed by atoms with Crippen LogP contribution in [0.2, 0.25) is 0 Å². The molecule has 0 unspecified atom stereocenters. The lowest BCUT2D eigenvalue weighted by Gasteiger charge is -2.01. The summed E-state index contributed by atoms with van der Waals surface area (Å²) >= 11 is 2.00. The van der Waals surface area contributed by atoms with Gasteiger partial charge >= 0.3 is 6.18 Å². The van der Waals surface area contributed by atoms with E-state index in [4.69, 9.17) is 0 Å². The quantitative estimate of drug-likeness (QED) is 0.749. The van der Waals surface area contributed by atoms with E-state index >= 15 is 0 Å². The van der Waals surface area contributed by atoms with Crippen molar-refractivity contribution in [3.05, 3.63) is 33.9 Å². The third-order valence-electron chi connectivity index (χ3n) is 1.69. The van der Waals surface area contributed by atoms with E-state index in [0.717, 1.165) is 14.3 Å². The van der Waals surface area contributed by atoms with Crippen LogP contribution in [-0.2, 0) is 6.18 Å². The zero-order valence-electron chi connectivity index (χ0n) is 7.61. The summed E-state index contributed by atoms with van der Waals surface area (Å²) in [6, 6.07) is 0.876. The van der Waals surface area contributed by atoms with Crippen molar-refractivity contribution >= 4 is 22.6 Å². The second-order valence-electron chi connectivity index (χ2n) is 2.84. The molecule has 2 heterocycles. The standard InChI is InChI=1S/C8H4F3IN4/c9-8(10,11)6-1-2-16(15-6)7-13-3-5(12)4-14-7/h1-4H. The summed E-state index contributed by atoms with van der Waals surface area (Å²) in [4.78, 5) is 7.72. The van der Waals surface area contributed by atoms with Gasteiger partial charge in [-0.05, 0) is 28.7 Å². The Hall–Kier alpha value is -1.19. The van der Waals surface area contributed by atoms with Crippen LogP contribution < -0.4 is 0 Å². The molecule has 4 nitrogen and oxygen atoms in total. The summed E-state index contributed by atoms with van der Waals surface area (Å²) in [5, 5.41) is 3.35. The summed E-state index contributed by atoms with van der Waals surface area (Å²) < 4.78 is 38.6. The maximum absolute atomic E-state index is 12.3. The van der Waals surface area contributed by atoms with Crippen LogP contribution in [0.4, 0.5) is 13.2 Å². The number of aromatic nitrogens is 4. The highest BCUT2D eigenvalue weighted by molar-refractivity contribution is 14.1. The van der Waals surface area contributed by atoms with Crippen LogP contribution in [0, 0.1) is 3.57 Å². The zero-order valence-corrected chi connectivity index (χ0v) is 9.77. The van der Waals surface area contributed by atoms with Crippen molar-refractivity contribution in [2.75, 3.05) is 0 Å². The predicted molar refractivity (Wildman–Crippen MR) is 56.9 cm³/mol. The Bertz CT molecular complexity index is 491. The van der Waals surface area contributed by atoms with Gasteiger partial charge in [-0.2, -0.15) is 18.3 Å². The molecule has 2 aromatic rings. The average molecular weight is 340 g/mol. The smallest absolute Gasteiger partial charge is 0.219 e. The highest BCUT2D eigenvalue weighted by Gasteiger charge is 2.33. The Labute approximate surface area is 102 Å². The van der Waals surface area contributed by atoms with Crippen LogP contribution in [0.3, 0.4) is 0 Å². The van der Waals surface area contributed by atoms with Gasteiger partial charge in [0.25, 0.3) is 5.95 Å². The summed E-state index contributed by atoms with van der Waals surface area (Å²) in [5.74, 6) is 0.107. The molecule has 0 saturated carbocycles. The molecule has 2 aromatic heterocycles. The Morgan fingerprint density at radius 3 is 2.31 bits per heavy atom. The van der Waals surface area contributed by atoms with Gasteiger partial charge in [0.05, 0.1) is 0 Å². The molecule has 0 atom stereocenters. The predicted octanol–water partition coefficient (Wildman–Crippen LogP) is 2.29. The summed E-state index contributed by atoms with van der Waals surface area (Å²) in [5.41, 5.74) is -0.963. The Kier molecular flexibility index (Phi) is 2.82. The minimum absolute atomic E-state index is 0.107. The van der Waals surface area contributed by atoms with Crippen molar-refractivity contribution in [2.24, 2.45) is 0 Å². The monoisotopic (exact) mass is 340 g/mol. The van der Waals surface area contributed by atoms with Crippen molar-refractivity contribution in [3.63, 3.8) is 0 Å². The van der Waals surface area contributed by atoms with Gasteiger partial charge < -0.3 is 0 Å². The normalized spacial score (nSPS) is 11.8. The van der Waals surface area contributed by atoms with E-state index in [1.165, 1.54) is 18.6 Å². The molecule has 0 spiro atoms. The number of halogens is 4. The highest BCUT2D eigenvalue weighted by Crippen LogP contribution is 2.27. The molecule has 0 aromatic carbocycles. The van der Waals surface area contributed by atoms with E-state index in [-0.39, 0.29) is 5.95 Å². The van der Waals surface area contributed by atoms with E-state index in [1.54, 1.807) is 0 Å². The molecule has 0 radical (unpaired) electrons. The molecule has 2 rings (SSSR count). The highest BCUT2D eigenvalue weighted by atomic mass is 127. The molecule has 84 valence electrons. The summed E-state index contributed by atoms with van der Waals surface area (Å²) in [6.07, 6.45) is -0.283. The largest absolute Gasteiger partial charge is 0.435 e. The van der Waals surface area contributed by atoms with E-state index in [1.807, 2.05) is 22.6 Å². The van der Waals surface area contributed by atoms with E-state index in [9.17, 15) is 13.2 Å². The third kappa shape index (κ3) is 2.31. The molecule has 0 aliphatic heterocycles. The lowest BCUT2D eigenvalue weighted by molar-refractivity contribution is -0.141. The van der Waals surface area contributed by atoms with Crippen LogP contribution in [-0.4, -0.2) is 19.7 Å². The number of nitrogens with zero attached hydrogens (tertiary/aromatic N) is 4. The molecule has 0 aliphatic rings. The zero-order chi connectivity index (χ0) is 11.8. The second kappa shape index (κ2) is 4.00. The second-order valence-corrected chi connectivity index (χ2v) is 4.09. The van der Waals surface area contributed by atoms with Gasteiger partial charge in [0.15, 0.2) is 5.69 Å². The van der Waals surface area contributed by atoms with Gasteiger partial charge in [0.2, 0.25) is 0 Å². The minimum Gasteiger partial charge on any atom is -0.219 e. The Morgan fingerprint density at radius 1 is 1.19 bits per heavy atom. The van der Waals surface area contributed by atoms with Crippen molar-refractivity contribution in [3.8, 4) is 5.95 Å². The SMILES string of the molecule is FC(F)(F)c1ccn(-c2ncc(I)cn2)n1. The first-order valence-electron chi connectivity index (χ1n) is 4.07. The van der Waals surface area contributed by atoms with Gasteiger partial charge in [-0.1, -0.05) is 0 Å². The first-order chi connectivity index (χ1) is 7.47. The van der Waals surface area contributed by atoms with E-state index in [2.05, 4.69) is 15.1 Å². The van der Waals surface area contributed by atoms with Gasteiger partial charge in [-0.15, -0.1) is 0 Å². The molecular weight excluding hydrogens is 336 g/mol.